The summed E-state index contributed by atoms with van der Waals surface area (Å²) in [7, 11) is -3.36. The van der Waals surface area contributed by atoms with Gasteiger partial charge in [0.1, 0.15) is 0 Å². The number of hydrogen-bond acceptors (Lipinski definition) is 4. The smallest absolute Gasteiger partial charge is 0.241 e. The van der Waals surface area contributed by atoms with Crippen LogP contribution in [0.4, 0.5) is 0 Å². The summed E-state index contributed by atoms with van der Waals surface area (Å²) in [6, 6.07) is 1.68. The van der Waals surface area contributed by atoms with Crippen LogP contribution in [-0.2, 0) is 16.6 Å². The van der Waals surface area contributed by atoms with Crippen LogP contribution in [-0.4, -0.2) is 21.5 Å². The summed E-state index contributed by atoms with van der Waals surface area (Å²) in [5.41, 5.74) is 0. The maximum atomic E-state index is 12.2. The summed E-state index contributed by atoms with van der Waals surface area (Å²) in [6.07, 6.45) is 1.92. The van der Waals surface area contributed by atoms with Gasteiger partial charge in [-0.05, 0) is 36.8 Å². The van der Waals surface area contributed by atoms with Crippen molar-refractivity contribution in [3.8, 4) is 0 Å². The molecule has 0 saturated heterocycles. The predicted molar refractivity (Wildman–Crippen MR) is 81.0 cm³/mol. The second kappa shape index (κ2) is 7.99. The van der Waals surface area contributed by atoms with Crippen molar-refractivity contribution in [3.05, 3.63) is 16.3 Å². The van der Waals surface area contributed by atoms with E-state index in [4.69, 9.17) is 0 Å². The molecule has 19 heavy (non-hydrogen) atoms. The van der Waals surface area contributed by atoms with Crippen molar-refractivity contribution in [1.29, 1.82) is 0 Å². The second-order valence-electron chi connectivity index (χ2n) is 4.92. The van der Waals surface area contributed by atoms with Gasteiger partial charge in [-0.3, -0.25) is 0 Å². The van der Waals surface area contributed by atoms with Gasteiger partial charge in [-0.2, -0.15) is 0 Å². The quantitative estimate of drug-likeness (QED) is 0.689. The average Bonchev–Trinajstić information content (AvgIpc) is 2.81. The maximum Gasteiger partial charge on any atom is 0.241 e. The van der Waals surface area contributed by atoms with Gasteiger partial charge in [0.2, 0.25) is 10.0 Å². The van der Waals surface area contributed by atoms with E-state index in [2.05, 4.69) is 23.9 Å². The molecule has 0 aliphatic heterocycles. The Morgan fingerprint density at radius 3 is 2.74 bits per heavy atom. The fraction of sp³-hybridized carbons (Fsp3) is 0.692. The highest BCUT2D eigenvalue weighted by atomic mass is 32.2. The van der Waals surface area contributed by atoms with Crippen molar-refractivity contribution in [1.82, 2.24) is 10.0 Å². The van der Waals surface area contributed by atoms with E-state index in [9.17, 15) is 8.42 Å². The van der Waals surface area contributed by atoms with Gasteiger partial charge >= 0.3 is 0 Å². The summed E-state index contributed by atoms with van der Waals surface area (Å²) in [6.45, 7) is 8.24. The maximum absolute atomic E-state index is 12.2. The predicted octanol–water partition coefficient (Wildman–Crippen LogP) is 2.57. The first-order valence-corrected chi connectivity index (χ1v) is 9.10. The van der Waals surface area contributed by atoms with E-state index in [0.717, 1.165) is 24.3 Å². The Hall–Kier alpha value is -0.430. The molecule has 110 valence electrons. The van der Waals surface area contributed by atoms with E-state index in [1.165, 1.54) is 11.3 Å². The third kappa shape index (κ3) is 5.60. The normalized spacial score (nSPS) is 12.2. The third-order valence-electron chi connectivity index (χ3n) is 2.78. The van der Waals surface area contributed by atoms with Crippen LogP contribution in [0.1, 0.15) is 38.5 Å². The molecule has 1 heterocycles. The molecule has 0 bridgehead atoms. The minimum absolute atomic E-state index is 0.419. The van der Waals surface area contributed by atoms with Gasteiger partial charge in [-0.15, -0.1) is 11.3 Å². The van der Waals surface area contributed by atoms with Crippen LogP contribution >= 0.6 is 11.3 Å². The molecule has 1 aromatic rings. The standard InChI is InChI=1S/C13H24N2O2S2/c1-4-14-10-12-13(7-9-18-12)19(16,17)15-8-5-6-11(2)3/h7,9,11,14-15H,4-6,8,10H2,1-3H3. The molecule has 0 fully saturated rings. The molecule has 0 aliphatic carbocycles. The summed E-state index contributed by atoms with van der Waals surface area (Å²) < 4.78 is 27.1. The lowest BCUT2D eigenvalue weighted by Gasteiger charge is -2.09. The summed E-state index contributed by atoms with van der Waals surface area (Å²) >= 11 is 1.48. The third-order valence-corrected chi connectivity index (χ3v) is 5.38. The summed E-state index contributed by atoms with van der Waals surface area (Å²) in [5, 5.41) is 4.99. The molecular weight excluding hydrogens is 280 g/mol. The molecule has 0 radical (unpaired) electrons. The Bertz CT molecular complexity index is 467. The fourth-order valence-electron chi connectivity index (χ4n) is 1.73. The number of thiophene rings is 1. The molecule has 0 aliphatic rings. The molecular formula is C13H24N2O2S2. The first-order chi connectivity index (χ1) is 8.97. The Labute approximate surface area is 120 Å². The summed E-state index contributed by atoms with van der Waals surface area (Å²) in [5.74, 6) is 0.606. The molecule has 6 heteroatoms. The van der Waals surface area contributed by atoms with Gasteiger partial charge in [-0.25, -0.2) is 13.1 Å². The van der Waals surface area contributed by atoms with E-state index < -0.39 is 10.0 Å². The molecule has 0 spiro atoms. The molecule has 1 aromatic heterocycles. The number of hydrogen-bond donors (Lipinski definition) is 2. The lowest BCUT2D eigenvalue weighted by atomic mass is 10.1. The molecule has 0 aromatic carbocycles. The molecule has 4 nitrogen and oxygen atoms in total. The average molecular weight is 304 g/mol. The molecule has 0 saturated carbocycles. The molecule has 1 rings (SSSR count). The van der Waals surface area contributed by atoms with Crippen molar-refractivity contribution in [2.24, 2.45) is 5.92 Å². The van der Waals surface area contributed by atoms with Gasteiger partial charge in [0.25, 0.3) is 0 Å². The molecule has 0 unspecified atom stereocenters. The topological polar surface area (TPSA) is 58.2 Å². The first-order valence-electron chi connectivity index (χ1n) is 6.74. The Kier molecular flexibility index (Phi) is 6.99. The van der Waals surface area contributed by atoms with Gasteiger partial charge in [0.05, 0.1) is 4.90 Å². The lowest BCUT2D eigenvalue weighted by Crippen LogP contribution is -2.26. The number of nitrogens with one attached hydrogen (secondary N) is 2. The van der Waals surface area contributed by atoms with Crippen molar-refractivity contribution in [3.63, 3.8) is 0 Å². The van der Waals surface area contributed by atoms with E-state index >= 15 is 0 Å². The zero-order chi connectivity index (χ0) is 14.3. The SMILES string of the molecule is CCNCc1sccc1S(=O)(=O)NCCCC(C)C. The van der Waals surface area contributed by atoms with Crippen LogP contribution < -0.4 is 10.0 Å². The van der Waals surface area contributed by atoms with Crippen LogP contribution in [0.2, 0.25) is 0 Å². The van der Waals surface area contributed by atoms with Crippen LogP contribution in [0.3, 0.4) is 0 Å². The number of rotatable bonds is 9. The monoisotopic (exact) mass is 304 g/mol. The van der Waals surface area contributed by atoms with Crippen LogP contribution in [0, 0.1) is 5.92 Å². The van der Waals surface area contributed by atoms with Crippen LogP contribution in [0.25, 0.3) is 0 Å². The van der Waals surface area contributed by atoms with E-state index in [-0.39, 0.29) is 0 Å². The Morgan fingerprint density at radius 2 is 2.11 bits per heavy atom. The molecule has 0 atom stereocenters. The minimum atomic E-state index is -3.36. The summed E-state index contributed by atoms with van der Waals surface area (Å²) in [4.78, 5) is 1.29. The van der Waals surface area contributed by atoms with E-state index in [1.807, 2.05) is 12.3 Å². The largest absolute Gasteiger partial charge is 0.312 e. The highest BCUT2D eigenvalue weighted by Gasteiger charge is 2.18. The van der Waals surface area contributed by atoms with Crippen LogP contribution in [0.15, 0.2) is 16.3 Å². The zero-order valence-electron chi connectivity index (χ0n) is 11.9. The van der Waals surface area contributed by atoms with Gasteiger partial charge in [0, 0.05) is 18.0 Å². The Balaban J connectivity index is 2.59. The van der Waals surface area contributed by atoms with Crippen molar-refractivity contribution < 1.29 is 8.42 Å². The van der Waals surface area contributed by atoms with E-state index in [1.54, 1.807) is 6.07 Å². The van der Waals surface area contributed by atoms with Crippen molar-refractivity contribution in [2.45, 2.75) is 45.1 Å². The molecule has 2 N–H and O–H groups in total. The fourth-order valence-corrected chi connectivity index (χ4v) is 4.22. The van der Waals surface area contributed by atoms with Crippen LogP contribution in [0.5, 0.6) is 0 Å². The second-order valence-corrected chi connectivity index (χ2v) is 7.66. The highest BCUT2D eigenvalue weighted by Crippen LogP contribution is 2.21. The molecule has 0 amide bonds. The first kappa shape index (κ1) is 16.6. The highest BCUT2D eigenvalue weighted by molar-refractivity contribution is 7.89. The van der Waals surface area contributed by atoms with Crippen molar-refractivity contribution in [2.75, 3.05) is 13.1 Å². The van der Waals surface area contributed by atoms with Gasteiger partial charge in [-0.1, -0.05) is 20.8 Å². The Morgan fingerprint density at radius 1 is 1.37 bits per heavy atom. The van der Waals surface area contributed by atoms with Crippen molar-refractivity contribution >= 4 is 21.4 Å². The van der Waals surface area contributed by atoms with E-state index in [0.29, 0.717) is 23.9 Å². The van der Waals surface area contributed by atoms with Gasteiger partial charge in [0.15, 0.2) is 0 Å². The number of sulfonamides is 1. The lowest BCUT2D eigenvalue weighted by molar-refractivity contribution is 0.539. The zero-order valence-corrected chi connectivity index (χ0v) is 13.5. The minimum Gasteiger partial charge on any atom is -0.312 e. The van der Waals surface area contributed by atoms with Gasteiger partial charge < -0.3 is 5.32 Å².